The van der Waals surface area contributed by atoms with Crippen molar-refractivity contribution >= 4 is 5.91 Å². The van der Waals surface area contributed by atoms with Crippen LogP contribution in [0, 0.1) is 0 Å². The summed E-state index contributed by atoms with van der Waals surface area (Å²) in [7, 11) is 0. The minimum atomic E-state index is -0.514. The number of carbonyl (C=O) groups is 1. The number of aliphatic hydroxyl groups is 1. The Morgan fingerprint density at radius 2 is 1.63 bits per heavy atom. The van der Waals surface area contributed by atoms with Crippen molar-refractivity contribution < 1.29 is 9.90 Å². The maximum atomic E-state index is 12.9. The average Bonchev–Trinajstić information content (AvgIpc) is 2.84. The van der Waals surface area contributed by atoms with Gasteiger partial charge in [0.15, 0.2) is 0 Å². The molecule has 0 radical (unpaired) electrons. The quantitative estimate of drug-likeness (QED) is 0.884. The summed E-state index contributed by atoms with van der Waals surface area (Å²) in [6.45, 7) is 7.47. The van der Waals surface area contributed by atoms with Gasteiger partial charge in [-0.1, -0.05) is 74.5 Å². The molecule has 144 valence electrons. The molecular formula is C23H30N2O2. The molecule has 0 aromatic heterocycles. The van der Waals surface area contributed by atoms with E-state index in [9.17, 15) is 9.90 Å². The van der Waals surface area contributed by atoms with Gasteiger partial charge in [0, 0.05) is 39.1 Å². The number of benzene rings is 2. The molecular weight excluding hydrogens is 336 g/mol. The van der Waals surface area contributed by atoms with Crippen LogP contribution in [-0.4, -0.2) is 53.1 Å². The summed E-state index contributed by atoms with van der Waals surface area (Å²) in [6.07, 6.45) is -0.0670. The second kappa shape index (κ2) is 8.68. The highest BCUT2D eigenvalue weighted by Crippen LogP contribution is 2.27. The molecule has 1 fully saturated rings. The maximum Gasteiger partial charge on any atom is 0.223 e. The van der Waals surface area contributed by atoms with E-state index in [4.69, 9.17) is 0 Å². The van der Waals surface area contributed by atoms with Crippen LogP contribution in [0.4, 0.5) is 0 Å². The first kappa shape index (κ1) is 19.6. The Hall–Kier alpha value is -2.17. The topological polar surface area (TPSA) is 43.8 Å². The van der Waals surface area contributed by atoms with Gasteiger partial charge in [-0.25, -0.2) is 0 Å². The predicted molar refractivity (Wildman–Crippen MR) is 108 cm³/mol. The summed E-state index contributed by atoms with van der Waals surface area (Å²) in [4.78, 5) is 17.0. The fraction of sp³-hybridized carbons (Fsp3) is 0.435. The van der Waals surface area contributed by atoms with Gasteiger partial charge in [0.2, 0.25) is 5.91 Å². The van der Waals surface area contributed by atoms with Crippen molar-refractivity contribution in [3.8, 4) is 0 Å². The molecule has 2 aromatic rings. The lowest BCUT2D eigenvalue weighted by molar-refractivity contribution is -0.133. The third kappa shape index (κ3) is 5.41. The Morgan fingerprint density at radius 1 is 1.00 bits per heavy atom. The molecule has 0 bridgehead atoms. The Bertz CT molecular complexity index is 731. The number of rotatable bonds is 5. The van der Waals surface area contributed by atoms with E-state index in [1.54, 1.807) is 0 Å². The summed E-state index contributed by atoms with van der Waals surface area (Å²) < 4.78 is 0. The zero-order valence-corrected chi connectivity index (χ0v) is 16.3. The van der Waals surface area contributed by atoms with Gasteiger partial charge in [-0.15, -0.1) is 0 Å². The molecule has 1 aliphatic rings. The zero-order chi connectivity index (χ0) is 19.3. The number of nitrogens with zero attached hydrogens (tertiary/aromatic N) is 2. The number of hydrogen-bond donors (Lipinski definition) is 1. The van der Waals surface area contributed by atoms with Gasteiger partial charge in [-0.05, 0) is 16.5 Å². The van der Waals surface area contributed by atoms with E-state index in [-0.39, 0.29) is 11.3 Å². The summed E-state index contributed by atoms with van der Waals surface area (Å²) in [5, 5.41) is 10.4. The molecule has 1 unspecified atom stereocenters. The van der Waals surface area contributed by atoms with Gasteiger partial charge in [0.05, 0.1) is 6.10 Å². The molecule has 2 aromatic carbocycles. The molecule has 1 atom stereocenters. The summed E-state index contributed by atoms with van der Waals surface area (Å²) in [5.74, 6) is 0.115. The van der Waals surface area contributed by atoms with Gasteiger partial charge in [-0.2, -0.15) is 0 Å². The molecule has 27 heavy (non-hydrogen) atoms. The first-order chi connectivity index (χ1) is 12.9. The Labute approximate surface area is 162 Å². The number of hydrogen-bond acceptors (Lipinski definition) is 3. The molecule has 0 spiro atoms. The van der Waals surface area contributed by atoms with Crippen molar-refractivity contribution in [3.05, 3.63) is 71.8 Å². The minimum Gasteiger partial charge on any atom is -0.390 e. The van der Waals surface area contributed by atoms with Crippen molar-refractivity contribution in [2.75, 3.05) is 26.2 Å². The number of β-amino-alcohol motifs (C(OH)–C–C–N with tert-alkyl or cyclic N) is 1. The van der Waals surface area contributed by atoms with Crippen LogP contribution in [0.25, 0.3) is 0 Å². The fourth-order valence-corrected chi connectivity index (χ4v) is 3.75. The molecule has 4 nitrogen and oxygen atoms in total. The summed E-state index contributed by atoms with van der Waals surface area (Å²) in [5.41, 5.74) is 2.17. The Balaban J connectivity index is 1.61. The minimum absolute atomic E-state index is 0.115. The molecule has 1 saturated heterocycles. The number of carbonyl (C=O) groups excluding carboxylic acids is 1. The van der Waals surface area contributed by atoms with E-state index >= 15 is 0 Å². The van der Waals surface area contributed by atoms with E-state index in [1.165, 1.54) is 11.1 Å². The molecule has 1 amide bonds. The Morgan fingerprint density at radius 3 is 2.30 bits per heavy atom. The standard InChI is InChI=1S/C23H30N2O2/c1-23(2,20-11-7-4-8-12-20)15-22(27)25-14-13-24(17-21(26)18-25)16-19-9-5-3-6-10-19/h3-12,21,26H,13-18H2,1-2H3. The van der Waals surface area contributed by atoms with Crippen LogP contribution in [0.15, 0.2) is 60.7 Å². The van der Waals surface area contributed by atoms with Crippen molar-refractivity contribution in [1.29, 1.82) is 0 Å². The molecule has 1 heterocycles. The molecule has 1 aliphatic heterocycles. The fourth-order valence-electron chi connectivity index (χ4n) is 3.75. The predicted octanol–water partition coefficient (Wildman–Crippen LogP) is 3.06. The van der Waals surface area contributed by atoms with Crippen molar-refractivity contribution in [1.82, 2.24) is 9.80 Å². The van der Waals surface area contributed by atoms with E-state index in [0.29, 0.717) is 26.1 Å². The van der Waals surface area contributed by atoms with Gasteiger partial charge in [0.1, 0.15) is 0 Å². The smallest absolute Gasteiger partial charge is 0.223 e. The lowest BCUT2D eigenvalue weighted by Gasteiger charge is -2.29. The number of aliphatic hydroxyl groups excluding tert-OH is 1. The van der Waals surface area contributed by atoms with Crippen molar-refractivity contribution in [2.24, 2.45) is 0 Å². The normalized spacial score (nSPS) is 18.9. The molecule has 1 N–H and O–H groups in total. The van der Waals surface area contributed by atoms with E-state index < -0.39 is 6.10 Å². The van der Waals surface area contributed by atoms with E-state index in [2.05, 4.69) is 43.0 Å². The lowest BCUT2D eigenvalue weighted by Crippen LogP contribution is -2.40. The largest absolute Gasteiger partial charge is 0.390 e. The highest BCUT2D eigenvalue weighted by Gasteiger charge is 2.30. The first-order valence-electron chi connectivity index (χ1n) is 9.72. The maximum absolute atomic E-state index is 12.9. The SMILES string of the molecule is CC(C)(CC(=O)N1CCN(Cc2ccccc2)CC(O)C1)c1ccccc1. The average molecular weight is 367 g/mol. The second-order valence-corrected chi connectivity index (χ2v) is 8.14. The van der Waals surface area contributed by atoms with Gasteiger partial charge in [-0.3, -0.25) is 9.69 Å². The van der Waals surface area contributed by atoms with Crippen molar-refractivity contribution in [3.63, 3.8) is 0 Å². The monoisotopic (exact) mass is 366 g/mol. The summed E-state index contributed by atoms with van der Waals surface area (Å²) >= 11 is 0. The number of amides is 1. The molecule has 0 aliphatic carbocycles. The third-order valence-electron chi connectivity index (χ3n) is 5.34. The Kier molecular flexibility index (Phi) is 6.30. The highest BCUT2D eigenvalue weighted by molar-refractivity contribution is 5.77. The van der Waals surface area contributed by atoms with Crippen LogP contribution in [0.1, 0.15) is 31.4 Å². The van der Waals surface area contributed by atoms with Crippen LogP contribution < -0.4 is 0 Å². The second-order valence-electron chi connectivity index (χ2n) is 8.14. The van der Waals surface area contributed by atoms with E-state index in [1.807, 2.05) is 41.3 Å². The molecule has 0 saturated carbocycles. The van der Waals surface area contributed by atoms with Crippen LogP contribution in [0.3, 0.4) is 0 Å². The lowest BCUT2D eigenvalue weighted by atomic mass is 9.81. The van der Waals surface area contributed by atoms with Crippen LogP contribution in [0.2, 0.25) is 0 Å². The zero-order valence-electron chi connectivity index (χ0n) is 16.3. The highest BCUT2D eigenvalue weighted by atomic mass is 16.3. The first-order valence-corrected chi connectivity index (χ1v) is 9.72. The summed E-state index contributed by atoms with van der Waals surface area (Å²) in [6, 6.07) is 20.4. The molecule has 3 rings (SSSR count). The molecule has 4 heteroatoms. The van der Waals surface area contributed by atoms with Gasteiger partial charge in [0.25, 0.3) is 0 Å². The van der Waals surface area contributed by atoms with Crippen molar-refractivity contribution in [2.45, 2.75) is 38.3 Å². The van der Waals surface area contributed by atoms with Crippen LogP contribution >= 0.6 is 0 Å². The van der Waals surface area contributed by atoms with Crippen LogP contribution in [-0.2, 0) is 16.8 Å². The van der Waals surface area contributed by atoms with Crippen LogP contribution in [0.5, 0.6) is 0 Å². The van der Waals surface area contributed by atoms with E-state index in [0.717, 1.165) is 13.1 Å². The third-order valence-corrected chi connectivity index (χ3v) is 5.34. The van der Waals surface area contributed by atoms with Gasteiger partial charge >= 0.3 is 0 Å². The van der Waals surface area contributed by atoms with Gasteiger partial charge < -0.3 is 10.0 Å².